The lowest BCUT2D eigenvalue weighted by Gasteiger charge is -2.18. The number of anilines is 1. The van der Waals surface area contributed by atoms with E-state index in [9.17, 15) is 19.2 Å². The Morgan fingerprint density at radius 1 is 1.22 bits per heavy atom. The smallest absolute Gasteiger partial charge is 0.340 e. The summed E-state index contributed by atoms with van der Waals surface area (Å²) in [6.45, 7) is 7.20. The minimum Gasteiger partial charge on any atom is -0.462 e. The van der Waals surface area contributed by atoms with Crippen LogP contribution in [-0.4, -0.2) is 47.9 Å². The van der Waals surface area contributed by atoms with E-state index in [-0.39, 0.29) is 23.8 Å². The second-order valence-corrected chi connectivity index (χ2v) is 7.98. The molecule has 1 saturated heterocycles. The molecule has 1 aromatic heterocycles. The van der Waals surface area contributed by atoms with Gasteiger partial charge in [-0.3, -0.25) is 9.59 Å². The van der Waals surface area contributed by atoms with Crippen LogP contribution in [0.5, 0.6) is 0 Å². The van der Waals surface area contributed by atoms with Crippen LogP contribution in [0.25, 0.3) is 0 Å². The van der Waals surface area contributed by atoms with Gasteiger partial charge in [0.05, 0.1) is 34.1 Å². The Morgan fingerprint density at radius 2 is 1.94 bits per heavy atom. The van der Waals surface area contributed by atoms with Crippen molar-refractivity contribution in [3.8, 4) is 0 Å². The van der Waals surface area contributed by atoms with E-state index in [4.69, 9.17) is 21.1 Å². The zero-order chi connectivity index (χ0) is 23.6. The van der Waals surface area contributed by atoms with E-state index in [1.165, 1.54) is 30.0 Å². The molecule has 0 bridgehead atoms. The second kappa shape index (κ2) is 9.56. The lowest BCUT2D eigenvalue weighted by Crippen LogP contribution is -2.26. The lowest BCUT2D eigenvalue weighted by molar-refractivity contribution is -0.117. The number of aromatic amines is 1. The number of esters is 2. The van der Waals surface area contributed by atoms with Gasteiger partial charge in [0.15, 0.2) is 6.10 Å². The highest BCUT2D eigenvalue weighted by Crippen LogP contribution is 2.31. The molecule has 0 aliphatic carbocycles. The largest absolute Gasteiger partial charge is 0.462 e. The topological polar surface area (TPSA) is 106 Å². The number of amides is 1. The van der Waals surface area contributed by atoms with Gasteiger partial charge in [-0.2, -0.15) is 0 Å². The number of benzene rings is 1. The molecule has 2 aromatic rings. The third-order valence-electron chi connectivity index (χ3n) is 5.36. The number of ketones is 1. The molecule has 8 nitrogen and oxygen atoms in total. The van der Waals surface area contributed by atoms with Crippen molar-refractivity contribution in [3.05, 3.63) is 51.3 Å². The molecule has 1 aliphatic heterocycles. The summed E-state index contributed by atoms with van der Waals surface area (Å²) < 4.78 is 10.4. The van der Waals surface area contributed by atoms with Crippen molar-refractivity contribution >= 4 is 40.9 Å². The molecule has 1 aliphatic rings. The highest BCUT2D eigenvalue weighted by atomic mass is 35.5. The molecular formula is C23H25ClN2O6. The first-order chi connectivity index (χ1) is 15.1. The lowest BCUT2D eigenvalue weighted by atomic mass is 10.1. The maximum Gasteiger partial charge on any atom is 0.340 e. The zero-order valence-electron chi connectivity index (χ0n) is 18.4. The highest BCUT2D eigenvalue weighted by molar-refractivity contribution is 6.34. The fourth-order valence-corrected chi connectivity index (χ4v) is 3.96. The van der Waals surface area contributed by atoms with Crippen LogP contribution in [0.3, 0.4) is 0 Å². The van der Waals surface area contributed by atoms with Crippen molar-refractivity contribution in [2.24, 2.45) is 0 Å². The van der Waals surface area contributed by atoms with Crippen LogP contribution in [-0.2, 0) is 14.3 Å². The van der Waals surface area contributed by atoms with E-state index in [0.29, 0.717) is 40.5 Å². The van der Waals surface area contributed by atoms with Gasteiger partial charge in [0.25, 0.3) is 0 Å². The van der Waals surface area contributed by atoms with Crippen LogP contribution < -0.4 is 4.90 Å². The fraction of sp³-hybridized carbons (Fsp3) is 0.391. The van der Waals surface area contributed by atoms with Gasteiger partial charge in [0, 0.05) is 18.7 Å². The van der Waals surface area contributed by atoms with Gasteiger partial charge >= 0.3 is 11.9 Å². The van der Waals surface area contributed by atoms with Crippen molar-refractivity contribution in [3.63, 3.8) is 0 Å². The maximum atomic E-state index is 12.9. The van der Waals surface area contributed by atoms with E-state index >= 15 is 0 Å². The van der Waals surface area contributed by atoms with Crippen molar-refractivity contribution in [2.75, 3.05) is 18.1 Å². The molecule has 1 atom stereocenters. The number of carbonyl (C=O) groups excluding carboxylic acids is 4. The van der Waals surface area contributed by atoms with E-state index in [1.54, 1.807) is 20.8 Å². The molecular weight excluding hydrogens is 436 g/mol. The third kappa shape index (κ3) is 4.55. The third-order valence-corrected chi connectivity index (χ3v) is 5.68. The number of nitrogens with zero attached hydrogens (tertiary/aromatic N) is 1. The molecule has 1 fully saturated rings. The van der Waals surface area contributed by atoms with Gasteiger partial charge in [-0.15, -0.1) is 0 Å². The second-order valence-electron chi connectivity index (χ2n) is 7.57. The SMILES string of the molecule is CCOC(=O)c1c(C)[nH]c(C(=O)[C@@H](C)OC(=O)c2ccc(Cl)c(N3CCCC3=O)c2)c1C. The quantitative estimate of drug-likeness (QED) is 0.494. The monoisotopic (exact) mass is 460 g/mol. The number of ether oxygens (including phenoxy) is 2. The Labute approximate surface area is 190 Å². The van der Waals surface area contributed by atoms with Crippen LogP contribution in [0, 0.1) is 13.8 Å². The van der Waals surface area contributed by atoms with Crippen molar-refractivity contribution < 1.29 is 28.7 Å². The van der Waals surface area contributed by atoms with E-state index < -0.39 is 23.8 Å². The fourth-order valence-electron chi connectivity index (χ4n) is 3.74. The number of rotatable bonds is 7. The molecule has 0 saturated carbocycles. The van der Waals surface area contributed by atoms with Gasteiger partial charge in [-0.1, -0.05) is 11.6 Å². The van der Waals surface area contributed by atoms with Gasteiger partial charge in [-0.05, 0) is 57.9 Å². The average Bonchev–Trinajstić information content (AvgIpc) is 3.30. The van der Waals surface area contributed by atoms with Gasteiger partial charge < -0.3 is 19.4 Å². The summed E-state index contributed by atoms with van der Waals surface area (Å²) in [6, 6.07) is 4.50. The van der Waals surface area contributed by atoms with Crippen molar-refractivity contribution in [2.45, 2.75) is 46.6 Å². The summed E-state index contributed by atoms with van der Waals surface area (Å²) in [6.07, 6.45) is 0.0407. The summed E-state index contributed by atoms with van der Waals surface area (Å²) >= 11 is 6.22. The minimum atomic E-state index is -1.11. The van der Waals surface area contributed by atoms with E-state index in [2.05, 4.69) is 4.98 Å². The Balaban J connectivity index is 1.78. The first-order valence-corrected chi connectivity index (χ1v) is 10.7. The van der Waals surface area contributed by atoms with Crippen LogP contribution in [0.4, 0.5) is 5.69 Å². The summed E-state index contributed by atoms with van der Waals surface area (Å²) in [7, 11) is 0. The van der Waals surface area contributed by atoms with Crippen molar-refractivity contribution in [1.29, 1.82) is 0 Å². The molecule has 32 heavy (non-hydrogen) atoms. The number of Topliss-reactive ketones (excluding diaryl/α,β-unsaturated/α-hetero) is 1. The molecule has 170 valence electrons. The molecule has 0 unspecified atom stereocenters. The number of carbonyl (C=O) groups is 4. The van der Waals surface area contributed by atoms with E-state index in [1.807, 2.05) is 0 Å². The number of nitrogens with one attached hydrogen (secondary N) is 1. The standard InChI is InChI=1S/C23H25ClN2O6/c1-5-31-23(30)19-12(2)20(25-13(19)3)21(28)14(4)32-22(29)15-8-9-16(24)17(11-15)26-10-6-7-18(26)27/h8-9,11,14,25H,5-7,10H2,1-4H3/t14-/m1/s1. The molecule has 0 spiro atoms. The Morgan fingerprint density at radius 3 is 2.56 bits per heavy atom. The summed E-state index contributed by atoms with van der Waals surface area (Å²) in [5.74, 6) is -1.77. The number of halogens is 1. The molecule has 1 N–H and O–H groups in total. The van der Waals surface area contributed by atoms with Crippen LogP contribution in [0.1, 0.15) is 69.2 Å². The normalized spacial score (nSPS) is 14.4. The van der Waals surface area contributed by atoms with Crippen molar-refractivity contribution in [1.82, 2.24) is 4.98 Å². The Bertz CT molecular complexity index is 1090. The Hall–Kier alpha value is -3.13. The van der Waals surface area contributed by atoms with Gasteiger partial charge in [-0.25, -0.2) is 9.59 Å². The molecule has 3 rings (SSSR count). The first kappa shape index (κ1) is 23.5. The maximum absolute atomic E-state index is 12.9. The molecule has 0 radical (unpaired) electrons. The molecule has 2 heterocycles. The summed E-state index contributed by atoms with van der Waals surface area (Å²) in [5, 5.41) is 0.352. The first-order valence-electron chi connectivity index (χ1n) is 10.4. The van der Waals surface area contributed by atoms with Crippen LogP contribution >= 0.6 is 11.6 Å². The predicted molar refractivity (Wildman–Crippen MR) is 118 cm³/mol. The van der Waals surface area contributed by atoms with Crippen LogP contribution in [0.2, 0.25) is 5.02 Å². The number of aryl methyl sites for hydroxylation is 1. The average molecular weight is 461 g/mol. The van der Waals surface area contributed by atoms with Gasteiger partial charge in [0.2, 0.25) is 11.7 Å². The molecule has 9 heteroatoms. The number of aromatic nitrogens is 1. The van der Waals surface area contributed by atoms with E-state index in [0.717, 1.165) is 6.42 Å². The summed E-state index contributed by atoms with van der Waals surface area (Å²) in [5.41, 5.74) is 2.04. The zero-order valence-corrected chi connectivity index (χ0v) is 19.2. The van der Waals surface area contributed by atoms with Gasteiger partial charge in [0.1, 0.15) is 0 Å². The minimum absolute atomic E-state index is 0.0593. The Kier molecular flexibility index (Phi) is 7.03. The van der Waals surface area contributed by atoms with Crippen LogP contribution in [0.15, 0.2) is 18.2 Å². The predicted octanol–water partition coefficient (Wildman–Crippen LogP) is 4.02. The summed E-state index contributed by atoms with van der Waals surface area (Å²) in [4.78, 5) is 54.3. The number of hydrogen-bond acceptors (Lipinski definition) is 6. The highest BCUT2D eigenvalue weighted by Gasteiger charge is 2.29. The number of H-pyrrole nitrogens is 1. The molecule has 1 amide bonds. The molecule has 1 aromatic carbocycles. The number of hydrogen-bond donors (Lipinski definition) is 1.